The predicted octanol–water partition coefficient (Wildman–Crippen LogP) is 5.70. The second-order valence-electron chi connectivity index (χ2n) is 9.80. The monoisotopic (exact) mass is 626 g/mol. The Morgan fingerprint density at radius 3 is 2.66 bits per heavy atom. The van der Waals surface area contributed by atoms with E-state index in [4.69, 9.17) is 20.8 Å². The summed E-state index contributed by atoms with van der Waals surface area (Å²) in [6, 6.07) is 23.0. The molecule has 1 aliphatic heterocycles. The second kappa shape index (κ2) is 11.8. The van der Waals surface area contributed by atoms with Crippen LogP contribution in [0, 0.1) is 10.1 Å². The van der Waals surface area contributed by atoms with Crippen LogP contribution in [-0.4, -0.2) is 22.5 Å². The quantitative estimate of drug-likeness (QED) is 0.182. The molecule has 1 aliphatic rings. The number of fused-ring (bicyclic) bond motifs is 1. The maximum absolute atomic E-state index is 14.0. The molecule has 1 unspecified atom stereocenters. The normalized spacial score (nSPS) is 14.6. The van der Waals surface area contributed by atoms with Gasteiger partial charge in [-0.15, -0.1) is 0 Å². The van der Waals surface area contributed by atoms with Crippen molar-refractivity contribution >= 4 is 46.3 Å². The van der Waals surface area contributed by atoms with Gasteiger partial charge in [-0.3, -0.25) is 24.3 Å². The third-order valence-electron chi connectivity index (χ3n) is 7.03. The van der Waals surface area contributed by atoms with Crippen LogP contribution in [0.2, 0.25) is 5.02 Å². The summed E-state index contributed by atoms with van der Waals surface area (Å²) in [4.78, 5) is 43.8. The summed E-state index contributed by atoms with van der Waals surface area (Å²) in [6.45, 7) is 1.74. The molecule has 1 atom stereocenters. The molecular weight excluding hydrogens is 604 g/mol. The summed E-state index contributed by atoms with van der Waals surface area (Å²) in [5.41, 5.74) is 1.73. The number of nitro groups is 1. The first-order valence-electron chi connectivity index (χ1n) is 13.3. The van der Waals surface area contributed by atoms with Crippen molar-refractivity contribution in [2.24, 2.45) is 4.99 Å². The zero-order valence-electron chi connectivity index (χ0n) is 23.3. The number of benzene rings is 3. The van der Waals surface area contributed by atoms with E-state index in [1.54, 1.807) is 62.6 Å². The standard InChI is InChI=1S/C32H23ClN4O6S/c1-18-28(30(38)35-21-8-4-3-5-9-21)29(19-7-6-10-22(15-19)42-2)36-31(39)27(44-32(36)34-18)17-23-12-14-26(43-23)24-13-11-20(33)16-25(24)37(40)41/h3-17,29H,1-2H3,(H,35,38)/b27-17-. The van der Waals surface area contributed by atoms with Crippen molar-refractivity contribution < 1.29 is 18.9 Å². The van der Waals surface area contributed by atoms with Crippen molar-refractivity contribution in [1.29, 1.82) is 0 Å². The fourth-order valence-electron chi connectivity index (χ4n) is 5.03. The molecule has 0 bridgehead atoms. The van der Waals surface area contributed by atoms with E-state index in [0.29, 0.717) is 43.4 Å². The van der Waals surface area contributed by atoms with E-state index in [9.17, 15) is 19.7 Å². The second-order valence-corrected chi connectivity index (χ2v) is 11.2. The number of ether oxygens (including phenoxy) is 1. The van der Waals surface area contributed by atoms with Gasteiger partial charge in [-0.05, 0) is 61.0 Å². The minimum absolute atomic E-state index is 0.201. The number of furan rings is 1. The van der Waals surface area contributed by atoms with Gasteiger partial charge < -0.3 is 14.5 Å². The van der Waals surface area contributed by atoms with Gasteiger partial charge in [-0.25, -0.2) is 4.99 Å². The molecule has 10 nitrogen and oxygen atoms in total. The SMILES string of the molecule is COc1cccc(C2C(C(=O)Nc3ccccc3)=C(C)N=c3s/c(=C\c4ccc(-c5ccc(Cl)cc5[N+](=O)[O-])o4)c(=O)n32)c1. The van der Waals surface area contributed by atoms with Gasteiger partial charge in [0.1, 0.15) is 17.3 Å². The number of allylic oxidation sites excluding steroid dienone is 1. The first-order chi connectivity index (χ1) is 21.2. The van der Waals surface area contributed by atoms with E-state index in [1.165, 1.54) is 22.8 Å². The van der Waals surface area contributed by atoms with Crippen molar-refractivity contribution in [1.82, 2.24) is 4.57 Å². The molecule has 0 saturated carbocycles. The number of nitrogens with zero attached hydrogens (tertiary/aromatic N) is 3. The van der Waals surface area contributed by atoms with Crippen LogP contribution in [-0.2, 0) is 4.79 Å². The van der Waals surface area contributed by atoms with Gasteiger partial charge in [0.15, 0.2) is 4.80 Å². The number of carbonyl (C=O) groups excluding carboxylic acids is 1. The molecule has 12 heteroatoms. The van der Waals surface area contributed by atoms with Gasteiger partial charge in [0.05, 0.1) is 39.4 Å². The molecule has 0 aliphatic carbocycles. The molecule has 1 N–H and O–H groups in total. The first-order valence-corrected chi connectivity index (χ1v) is 14.5. The van der Waals surface area contributed by atoms with E-state index in [0.717, 1.165) is 11.3 Å². The number of thiazole rings is 1. The van der Waals surface area contributed by atoms with Crippen molar-refractivity contribution in [2.75, 3.05) is 12.4 Å². The third-order valence-corrected chi connectivity index (χ3v) is 8.25. The molecule has 220 valence electrons. The van der Waals surface area contributed by atoms with Crippen molar-refractivity contribution in [2.45, 2.75) is 13.0 Å². The lowest BCUT2D eigenvalue weighted by Crippen LogP contribution is -2.40. The molecule has 0 saturated heterocycles. The number of hydrogen-bond donors (Lipinski definition) is 1. The highest BCUT2D eigenvalue weighted by Crippen LogP contribution is 2.34. The smallest absolute Gasteiger partial charge is 0.281 e. The number of para-hydroxylation sites is 1. The average molecular weight is 627 g/mol. The van der Waals surface area contributed by atoms with Crippen LogP contribution in [0.4, 0.5) is 11.4 Å². The highest BCUT2D eigenvalue weighted by atomic mass is 35.5. The molecule has 1 amide bonds. The molecule has 0 radical (unpaired) electrons. The van der Waals surface area contributed by atoms with Crippen LogP contribution in [0.5, 0.6) is 5.75 Å². The van der Waals surface area contributed by atoms with Crippen LogP contribution >= 0.6 is 22.9 Å². The molecule has 44 heavy (non-hydrogen) atoms. The lowest BCUT2D eigenvalue weighted by Gasteiger charge is -2.25. The molecule has 5 aromatic rings. The number of methoxy groups -OCH3 is 1. The van der Waals surface area contributed by atoms with Crippen LogP contribution in [0.3, 0.4) is 0 Å². The molecule has 3 heterocycles. The highest BCUT2D eigenvalue weighted by Gasteiger charge is 2.33. The number of rotatable bonds is 7. The number of nitro benzene ring substituents is 1. The van der Waals surface area contributed by atoms with E-state index in [-0.39, 0.29) is 33.5 Å². The molecule has 2 aromatic heterocycles. The number of hydrogen-bond acceptors (Lipinski definition) is 8. The Kier molecular flexibility index (Phi) is 7.73. The number of amides is 1. The van der Waals surface area contributed by atoms with Gasteiger partial charge in [-0.1, -0.05) is 53.3 Å². The van der Waals surface area contributed by atoms with Crippen LogP contribution in [0.25, 0.3) is 17.4 Å². The topological polar surface area (TPSA) is 129 Å². The van der Waals surface area contributed by atoms with E-state index in [2.05, 4.69) is 10.3 Å². The van der Waals surface area contributed by atoms with E-state index in [1.807, 2.05) is 24.3 Å². The van der Waals surface area contributed by atoms with Crippen molar-refractivity contribution in [3.8, 4) is 17.1 Å². The van der Waals surface area contributed by atoms with E-state index < -0.39 is 11.0 Å². The van der Waals surface area contributed by atoms with Crippen LogP contribution in [0.1, 0.15) is 24.3 Å². The Balaban J connectivity index is 1.46. The largest absolute Gasteiger partial charge is 0.497 e. The highest BCUT2D eigenvalue weighted by molar-refractivity contribution is 7.07. The summed E-state index contributed by atoms with van der Waals surface area (Å²) in [6.07, 6.45) is 1.56. The lowest BCUT2D eigenvalue weighted by atomic mass is 9.95. The van der Waals surface area contributed by atoms with Gasteiger partial charge in [0.25, 0.3) is 17.2 Å². The fraction of sp³-hybridized carbons (Fsp3) is 0.0938. The Bertz CT molecular complexity index is 2150. The summed E-state index contributed by atoms with van der Waals surface area (Å²) in [5.74, 6) is 0.740. The fourth-order valence-corrected chi connectivity index (χ4v) is 6.22. The Morgan fingerprint density at radius 1 is 1.11 bits per heavy atom. The number of aromatic nitrogens is 1. The predicted molar refractivity (Wildman–Crippen MR) is 168 cm³/mol. The number of anilines is 1. The van der Waals surface area contributed by atoms with Crippen LogP contribution in [0.15, 0.2) is 110 Å². The summed E-state index contributed by atoms with van der Waals surface area (Å²) in [5, 5.41) is 14.7. The number of carbonyl (C=O) groups is 1. The maximum atomic E-state index is 14.0. The summed E-state index contributed by atoms with van der Waals surface area (Å²) in [7, 11) is 1.55. The molecule has 0 spiro atoms. The van der Waals surface area contributed by atoms with Gasteiger partial charge in [-0.2, -0.15) is 0 Å². The maximum Gasteiger partial charge on any atom is 0.281 e. The minimum Gasteiger partial charge on any atom is -0.497 e. The minimum atomic E-state index is -0.795. The Hall–Kier alpha value is -5.26. The zero-order valence-corrected chi connectivity index (χ0v) is 24.9. The summed E-state index contributed by atoms with van der Waals surface area (Å²) >= 11 is 7.11. The van der Waals surface area contributed by atoms with E-state index >= 15 is 0 Å². The molecular formula is C32H23ClN4O6S. The average Bonchev–Trinajstić information content (AvgIpc) is 3.60. The Labute approximate surface area is 259 Å². The third kappa shape index (κ3) is 5.46. The van der Waals surface area contributed by atoms with Crippen molar-refractivity contribution in [3.63, 3.8) is 0 Å². The first kappa shape index (κ1) is 28.8. The molecule has 0 fully saturated rings. The van der Waals surface area contributed by atoms with Gasteiger partial charge >= 0.3 is 0 Å². The van der Waals surface area contributed by atoms with Crippen molar-refractivity contribution in [3.05, 3.63) is 142 Å². The Morgan fingerprint density at radius 2 is 1.91 bits per heavy atom. The molecule has 3 aromatic carbocycles. The lowest BCUT2D eigenvalue weighted by molar-refractivity contribution is -0.384. The number of halogens is 1. The van der Waals surface area contributed by atoms with Gasteiger partial charge in [0.2, 0.25) is 0 Å². The van der Waals surface area contributed by atoms with Crippen LogP contribution < -0.4 is 24.9 Å². The van der Waals surface area contributed by atoms with Gasteiger partial charge in [0, 0.05) is 22.9 Å². The zero-order chi connectivity index (χ0) is 31.0. The summed E-state index contributed by atoms with van der Waals surface area (Å²) < 4.78 is 13.2. The molecule has 6 rings (SSSR count). The number of nitrogens with one attached hydrogen (secondary N) is 1.